The zero-order valence-electron chi connectivity index (χ0n) is 12.9. The molecule has 0 aliphatic heterocycles. The lowest BCUT2D eigenvalue weighted by Gasteiger charge is -2.06. The molecular weight excluding hydrogens is 288 g/mol. The molecule has 0 atom stereocenters. The van der Waals surface area contributed by atoms with Gasteiger partial charge in [0, 0.05) is 35.8 Å². The number of carbonyl (C=O) groups excluding carboxylic acids is 1. The Hall–Kier alpha value is -2.59. The van der Waals surface area contributed by atoms with E-state index in [1.807, 2.05) is 54.7 Å². The van der Waals surface area contributed by atoms with E-state index >= 15 is 0 Å². The number of rotatable bonds is 6. The molecule has 0 aliphatic carbocycles. The lowest BCUT2D eigenvalue weighted by atomic mass is 10.1. The van der Waals surface area contributed by atoms with E-state index in [9.17, 15) is 4.79 Å². The van der Waals surface area contributed by atoms with Crippen LogP contribution in [0, 0.1) is 0 Å². The highest BCUT2D eigenvalue weighted by molar-refractivity contribution is 5.98. The van der Waals surface area contributed by atoms with Crippen LogP contribution in [-0.4, -0.2) is 22.6 Å². The number of aromatic amines is 1. The summed E-state index contributed by atoms with van der Waals surface area (Å²) in [6, 6.07) is 15.5. The topological polar surface area (TPSA) is 65.1 Å². The second kappa shape index (κ2) is 7.11. The second-order valence-corrected chi connectivity index (χ2v) is 5.57. The molecule has 3 N–H and O–H groups in total. The van der Waals surface area contributed by atoms with Gasteiger partial charge in [0.25, 0.3) is 5.91 Å². The van der Waals surface area contributed by atoms with E-state index in [0.717, 1.165) is 34.9 Å². The zero-order chi connectivity index (χ0) is 16.1. The minimum absolute atomic E-state index is 0.0786. The number of benzene rings is 2. The highest BCUT2D eigenvalue weighted by atomic mass is 16.2. The first-order valence-corrected chi connectivity index (χ1v) is 7.81. The summed E-state index contributed by atoms with van der Waals surface area (Å²) in [4.78, 5) is 15.6. The Balaban J connectivity index is 1.75. The average Bonchev–Trinajstić information content (AvgIpc) is 3.01. The quantitative estimate of drug-likeness (QED) is 0.655. The van der Waals surface area contributed by atoms with Crippen LogP contribution in [0.25, 0.3) is 10.9 Å². The van der Waals surface area contributed by atoms with Crippen molar-refractivity contribution in [3.8, 4) is 0 Å². The number of aliphatic hydroxyl groups excluding tert-OH is 1. The Labute approximate surface area is 135 Å². The molecule has 4 heteroatoms. The number of aromatic nitrogens is 1. The van der Waals surface area contributed by atoms with Crippen LogP contribution in [0.15, 0.2) is 54.7 Å². The van der Waals surface area contributed by atoms with Crippen molar-refractivity contribution >= 4 is 16.8 Å². The van der Waals surface area contributed by atoms with E-state index in [1.54, 1.807) is 0 Å². The summed E-state index contributed by atoms with van der Waals surface area (Å²) in [5.41, 5.74) is 3.87. The third-order valence-corrected chi connectivity index (χ3v) is 3.93. The van der Waals surface area contributed by atoms with Gasteiger partial charge >= 0.3 is 0 Å². The SMILES string of the molecule is O=C(NCc1ccccc1)c1ccc2[nH]cc(CCCO)c2c1. The van der Waals surface area contributed by atoms with Gasteiger partial charge in [-0.05, 0) is 42.2 Å². The molecule has 0 radical (unpaired) electrons. The molecule has 0 fully saturated rings. The average molecular weight is 308 g/mol. The minimum atomic E-state index is -0.0786. The van der Waals surface area contributed by atoms with E-state index in [1.165, 1.54) is 0 Å². The molecule has 0 spiro atoms. The van der Waals surface area contributed by atoms with Crippen LogP contribution in [-0.2, 0) is 13.0 Å². The van der Waals surface area contributed by atoms with Crippen molar-refractivity contribution in [1.29, 1.82) is 0 Å². The molecule has 3 rings (SSSR count). The lowest BCUT2D eigenvalue weighted by Crippen LogP contribution is -2.22. The summed E-state index contributed by atoms with van der Waals surface area (Å²) < 4.78 is 0. The fourth-order valence-corrected chi connectivity index (χ4v) is 2.68. The monoisotopic (exact) mass is 308 g/mol. The Morgan fingerprint density at radius 1 is 1.13 bits per heavy atom. The standard InChI is InChI=1S/C19H20N2O2/c22-10-4-7-16-13-20-18-9-8-15(11-17(16)18)19(23)21-12-14-5-2-1-3-6-14/h1-3,5-6,8-9,11,13,20,22H,4,7,10,12H2,(H,21,23). The van der Waals surface area contributed by atoms with E-state index in [4.69, 9.17) is 5.11 Å². The van der Waals surface area contributed by atoms with Crippen LogP contribution in [0.3, 0.4) is 0 Å². The Morgan fingerprint density at radius 3 is 2.74 bits per heavy atom. The maximum atomic E-state index is 12.3. The van der Waals surface area contributed by atoms with Gasteiger partial charge in [-0.2, -0.15) is 0 Å². The molecule has 0 unspecified atom stereocenters. The van der Waals surface area contributed by atoms with Crippen LogP contribution >= 0.6 is 0 Å². The maximum absolute atomic E-state index is 12.3. The summed E-state index contributed by atoms with van der Waals surface area (Å²) in [5.74, 6) is -0.0786. The van der Waals surface area contributed by atoms with Gasteiger partial charge in [0.05, 0.1) is 0 Å². The highest BCUT2D eigenvalue weighted by Crippen LogP contribution is 2.21. The summed E-state index contributed by atoms with van der Waals surface area (Å²) in [6.07, 6.45) is 3.47. The van der Waals surface area contributed by atoms with E-state index < -0.39 is 0 Å². The van der Waals surface area contributed by atoms with Gasteiger partial charge in [-0.15, -0.1) is 0 Å². The Bertz CT molecular complexity index is 793. The van der Waals surface area contributed by atoms with Gasteiger partial charge < -0.3 is 15.4 Å². The van der Waals surface area contributed by atoms with Gasteiger partial charge in [-0.1, -0.05) is 30.3 Å². The Morgan fingerprint density at radius 2 is 1.96 bits per heavy atom. The summed E-state index contributed by atoms with van der Waals surface area (Å²) in [7, 11) is 0. The molecule has 0 saturated carbocycles. The maximum Gasteiger partial charge on any atom is 0.251 e. The molecule has 3 aromatic rings. The van der Waals surface area contributed by atoms with Gasteiger partial charge in [0.15, 0.2) is 0 Å². The summed E-state index contributed by atoms with van der Waals surface area (Å²) >= 11 is 0. The van der Waals surface area contributed by atoms with Crippen LogP contribution in [0.4, 0.5) is 0 Å². The first-order chi connectivity index (χ1) is 11.3. The number of H-pyrrole nitrogens is 1. The van der Waals surface area contributed by atoms with Gasteiger partial charge in [-0.25, -0.2) is 0 Å². The van der Waals surface area contributed by atoms with Gasteiger partial charge in [-0.3, -0.25) is 4.79 Å². The molecule has 1 aromatic heterocycles. The third-order valence-electron chi connectivity index (χ3n) is 3.93. The van der Waals surface area contributed by atoms with Gasteiger partial charge in [0.1, 0.15) is 0 Å². The fourth-order valence-electron chi connectivity index (χ4n) is 2.68. The molecule has 23 heavy (non-hydrogen) atoms. The van der Waals surface area contributed by atoms with Crippen LogP contribution in [0.5, 0.6) is 0 Å². The third kappa shape index (κ3) is 3.60. The Kier molecular flexibility index (Phi) is 4.74. The van der Waals surface area contributed by atoms with Crippen molar-refractivity contribution in [3.05, 3.63) is 71.4 Å². The molecule has 2 aromatic carbocycles. The largest absolute Gasteiger partial charge is 0.396 e. The van der Waals surface area contributed by atoms with Crippen molar-refractivity contribution in [2.75, 3.05) is 6.61 Å². The van der Waals surface area contributed by atoms with Crippen LogP contribution in [0.1, 0.15) is 27.9 Å². The number of fused-ring (bicyclic) bond motifs is 1. The predicted molar refractivity (Wildman–Crippen MR) is 91.3 cm³/mol. The smallest absolute Gasteiger partial charge is 0.251 e. The normalized spacial score (nSPS) is 10.8. The fraction of sp³-hybridized carbons (Fsp3) is 0.211. The number of hydrogen-bond acceptors (Lipinski definition) is 2. The summed E-state index contributed by atoms with van der Waals surface area (Å²) in [6.45, 7) is 0.687. The molecule has 1 heterocycles. The van der Waals surface area contributed by atoms with Crippen molar-refractivity contribution in [2.24, 2.45) is 0 Å². The van der Waals surface area contributed by atoms with Gasteiger partial charge in [0.2, 0.25) is 0 Å². The zero-order valence-corrected chi connectivity index (χ0v) is 12.9. The molecule has 0 aliphatic rings. The first kappa shape index (κ1) is 15.3. The van der Waals surface area contributed by atoms with Crippen LogP contribution in [0.2, 0.25) is 0 Å². The summed E-state index contributed by atoms with van der Waals surface area (Å²) in [5, 5.41) is 13.0. The van der Waals surface area contributed by atoms with Crippen molar-refractivity contribution < 1.29 is 9.90 Å². The van der Waals surface area contributed by atoms with Crippen LogP contribution < -0.4 is 5.32 Å². The van der Waals surface area contributed by atoms with E-state index in [0.29, 0.717) is 12.1 Å². The number of aliphatic hydroxyl groups is 1. The molecule has 4 nitrogen and oxygen atoms in total. The number of carbonyl (C=O) groups is 1. The molecule has 118 valence electrons. The highest BCUT2D eigenvalue weighted by Gasteiger charge is 2.09. The minimum Gasteiger partial charge on any atom is -0.396 e. The number of nitrogens with one attached hydrogen (secondary N) is 2. The molecule has 0 bridgehead atoms. The molecular formula is C19H20N2O2. The van der Waals surface area contributed by atoms with Crippen molar-refractivity contribution in [3.63, 3.8) is 0 Å². The van der Waals surface area contributed by atoms with Crippen molar-refractivity contribution in [1.82, 2.24) is 10.3 Å². The van der Waals surface area contributed by atoms with E-state index in [-0.39, 0.29) is 12.5 Å². The first-order valence-electron chi connectivity index (χ1n) is 7.81. The van der Waals surface area contributed by atoms with E-state index in [2.05, 4.69) is 10.3 Å². The predicted octanol–water partition coefficient (Wildman–Crippen LogP) is 3.02. The lowest BCUT2D eigenvalue weighted by molar-refractivity contribution is 0.0951. The number of amides is 1. The number of hydrogen-bond donors (Lipinski definition) is 3. The van der Waals surface area contributed by atoms with Crippen molar-refractivity contribution in [2.45, 2.75) is 19.4 Å². The second-order valence-electron chi connectivity index (χ2n) is 5.57. The molecule has 1 amide bonds. The molecule has 0 saturated heterocycles. The number of aryl methyl sites for hydroxylation is 1.